The summed E-state index contributed by atoms with van der Waals surface area (Å²) in [5.74, 6) is -1.71. The normalized spacial score (nSPS) is 19.3. The van der Waals surface area contributed by atoms with Crippen LogP contribution in [0.1, 0.15) is 5.56 Å². The monoisotopic (exact) mass is 533 g/mol. The molecule has 2 aliphatic rings. The van der Waals surface area contributed by atoms with E-state index in [9.17, 15) is 24.3 Å². The van der Waals surface area contributed by atoms with Gasteiger partial charge in [-0.15, -0.1) is 16.9 Å². The smallest absolute Gasteiger partial charge is 0.352 e. The van der Waals surface area contributed by atoms with Gasteiger partial charge >= 0.3 is 5.97 Å². The second-order valence-corrected chi connectivity index (χ2v) is 9.35. The van der Waals surface area contributed by atoms with Crippen molar-refractivity contribution in [3.63, 3.8) is 0 Å². The number of carboxylic acid groups (broad SMARTS) is 1. The molecule has 17 heteroatoms. The number of carbonyl (C=O) groups excluding carboxylic acids is 3. The number of amides is 3. The van der Waals surface area contributed by atoms with Crippen molar-refractivity contribution in [3.05, 3.63) is 35.2 Å². The van der Waals surface area contributed by atoms with E-state index >= 15 is 0 Å². The number of nitrogens with one attached hydrogen (secondary N) is 2. The Morgan fingerprint density at radius 1 is 1.44 bits per heavy atom. The zero-order valence-corrected chi connectivity index (χ0v) is 20.4. The molecule has 188 valence electrons. The van der Waals surface area contributed by atoms with E-state index in [0.717, 1.165) is 0 Å². The Morgan fingerprint density at radius 3 is 2.92 bits per heavy atom. The van der Waals surface area contributed by atoms with Crippen molar-refractivity contribution >= 4 is 59.2 Å². The van der Waals surface area contributed by atoms with Gasteiger partial charge in [0.1, 0.15) is 30.0 Å². The van der Waals surface area contributed by atoms with Crippen LogP contribution in [0.5, 0.6) is 0 Å². The third-order valence-corrected chi connectivity index (χ3v) is 7.57. The predicted molar refractivity (Wildman–Crippen MR) is 127 cm³/mol. The molecular formula is C19H19N9O6S2. The fraction of sp³-hybridized carbons (Fsp3) is 0.316. The fourth-order valence-corrected chi connectivity index (χ4v) is 5.87. The molecule has 0 saturated carbocycles. The summed E-state index contributed by atoms with van der Waals surface area (Å²) < 4.78 is 1.46. The Bertz CT molecular complexity index is 1280. The van der Waals surface area contributed by atoms with E-state index in [2.05, 4.69) is 36.3 Å². The van der Waals surface area contributed by atoms with Crippen LogP contribution in [0.2, 0.25) is 0 Å². The van der Waals surface area contributed by atoms with Crippen molar-refractivity contribution in [1.29, 1.82) is 0 Å². The van der Waals surface area contributed by atoms with Gasteiger partial charge in [0, 0.05) is 30.3 Å². The first-order chi connectivity index (χ1) is 17.3. The average Bonchev–Trinajstić information content (AvgIpc) is 3.28. The van der Waals surface area contributed by atoms with Gasteiger partial charge in [-0.25, -0.2) is 14.5 Å². The molecule has 2 aliphatic heterocycles. The third-order valence-electron chi connectivity index (χ3n) is 5.13. The Labute approximate surface area is 211 Å². The SMILES string of the molecule is CON=C(C(=O)NC1C(=O)N2C(C(=O)O)=C(CSc3nnnn3C)CS[C@@H]12)c1ccnc(NC=O)c1. The molecule has 3 N–H and O–H groups in total. The first-order valence-electron chi connectivity index (χ1n) is 10.2. The van der Waals surface area contributed by atoms with Gasteiger partial charge in [0.25, 0.3) is 11.8 Å². The zero-order chi connectivity index (χ0) is 25.8. The molecule has 2 aromatic heterocycles. The van der Waals surface area contributed by atoms with Crippen LogP contribution in [0.3, 0.4) is 0 Å². The molecular weight excluding hydrogens is 514 g/mol. The Kier molecular flexibility index (Phi) is 7.49. The van der Waals surface area contributed by atoms with Crippen molar-refractivity contribution in [2.45, 2.75) is 16.6 Å². The Balaban J connectivity index is 1.50. The number of aromatic nitrogens is 5. The predicted octanol–water partition coefficient (Wildman–Crippen LogP) is -0.945. The number of β-lactam (4-membered cyclic amide) rings is 1. The molecule has 0 radical (unpaired) electrons. The molecule has 4 rings (SSSR count). The highest BCUT2D eigenvalue weighted by Gasteiger charge is 2.54. The van der Waals surface area contributed by atoms with Gasteiger partial charge < -0.3 is 20.6 Å². The number of carbonyl (C=O) groups is 4. The number of tetrazole rings is 1. The molecule has 2 atom stereocenters. The summed E-state index contributed by atoms with van der Waals surface area (Å²) in [6.45, 7) is 0. The highest BCUT2D eigenvalue weighted by Crippen LogP contribution is 2.41. The minimum absolute atomic E-state index is 0.110. The van der Waals surface area contributed by atoms with Gasteiger partial charge in [-0.3, -0.25) is 19.3 Å². The van der Waals surface area contributed by atoms with Gasteiger partial charge in [-0.05, 0) is 28.1 Å². The molecule has 0 spiro atoms. The van der Waals surface area contributed by atoms with Crippen molar-refractivity contribution in [1.82, 2.24) is 35.4 Å². The van der Waals surface area contributed by atoms with E-state index < -0.39 is 29.2 Å². The van der Waals surface area contributed by atoms with Crippen molar-refractivity contribution in [2.75, 3.05) is 23.9 Å². The van der Waals surface area contributed by atoms with E-state index in [1.54, 1.807) is 7.05 Å². The summed E-state index contributed by atoms with van der Waals surface area (Å²) in [5, 5.41) is 29.6. The second kappa shape index (κ2) is 10.7. The highest BCUT2D eigenvalue weighted by atomic mass is 32.2. The van der Waals surface area contributed by atoms with Crippen molar-refractivity contribution < 1.29 is 29.1 Å². The van der Waals surface area contributed by atoms with E-state index in [4.69, 9.17) is 4.84 Å². The minimum atomic E-state index is -1.24. The average molecular weight is 534 g/mol. The summed E-state index contributed by atoms with van der Waals surface area (Å²) in [5.41, 5.74) is 0.575. The molecule has 2 aromatic rings. The number of aryl methyl sites for hydroxylation is 1. The number of pyridine rings is 1. The summed E-state index contributed by atoms with van der Waals surface area (Å²) >= 11 is 2.59. The third kappa shape index (κ3) is 4.87. The van der Waals surface area contributed by atoms with Crippen molar-refractivity contribution in [3.8, 4) is 0 Å². The van der Waals surface area contributed by atoms with Gasteiger partial charge in [0.05, 0.1) is 0 Å². The highest BCUT2D eigenvalue weighted by molar-refractivity contribution is 8.01. The lowest BCUT2D eigenvalue weighted by Crippen LogP contribution is -2.71. The van der Waals surface area contributed by atoms with Crippen LogP contribution in [0.25, 0.3) is 0 Å². The van der Waals surface area contributed by atoms with Gasteiger partial charge in [0.2, 0.25) is 11.6 Å². The lowest BCUT2D eigenvalue weighted by molar-refractivity contribution is -0.150. The van der Waals surface area contributed by atoms with Crippen LogP contribution in [-0.4, -0.2) is 95.1 Å². The lowest BCUT2D eigenvalue weighted by atomic mass is 10.0. The molecule has 1 saturated heterocycles. The van der Waals surface area contributed by atoms with Crippen LogP contribution in [0.4, 0.5) is 5.82 Å². The van der Waals surface area contributed by atoms with Gasteiger partial charge in [-0.2, -0.15) is 0 Å². The zero-order valence-electron chi connectivity index (χ0n) is 18.8. The van der Waals surface area contributed by atoms with E-state index in [-0.39, 0.29) is 28.5 Å². The van der Waals surface area contributed by atoms with Crippen LogP contribution >= 0.6 is 23.5 Å². The molecule has 1 fully saturated rings. The minimum Gasteiger partial charge on any atom is -0.477 e. The molecule has 0 aromatic carbocycles. The maximum Gasteiger partial charge on any atom is 0.352 e. The molecule has 15 nitrogen and oxygen atoms in total. The molecule has 0 bridgehead atoms. The summed E-state index contributed by atoms with van der Waals surface area (Å²) in [6.07, 6.45) is 1.80. The quantitative estimate of drug-likeness (QED) is 0.112. The van der Waals surface area contributed by atoms with Gasteiger partial charge in [-0.1, -0.05) is 16.9 Å². The van der Waals surface area contributed by atoms with Crippen LogP contribution in [0.15, 0.2) is 39.9 Å². The van der Waals surface area contributed by atoms with Gasteiger partial charge in [0.15, 0.2) is 5.71 Å². The maximum absolute atomic E-state index is 13.0. The summed E-state index contributed by atoms with van der Waals surface area (Å²) in [6, 6.07) is 1.93. The van der Waals surface area contributed by atoms with Crippen LogP contribution in [-0.2, 0) is 31.1 Å². The van der Waals surface area contributed by atoms with Crippen LogP contribution in [0, 0.1) is 0 Å². The standard InChI is InChI=1S/C19H19N9O6S2/c1-27-19(23-25-26-27)36-7-10-6-35-17-13(16(31)28(17)14(10)18(32)33)22-15(30)12(24-34-2)9-3-4-20-11(5-9)21-8-29/h3-5,8,13,17H,6-7H2,1-2H3,(H,22,30)(H,32,33)(H,20,21,29)/t13?,17-/m0/s1. The Hall–Kier alpha value is -3.99. The molecule has 36 heavy (non-hydrogen) atoms. The number of rotatable bonds is 10. The Morgan fingerprint density at radius 2 is 2.25 bits per heavy atom. The largest absolute Gasteiger partial charge is 0.477 e. The molecule has 1 unspecified atom stereocenters. The lowest BCUT2D eigenvalue weighted by Gasteiger charge is -2.49. The molecule has 3 amide bonds. The topological polar surface area (TPSA) is 194 Å². The number of thioether (sulfide) groups is 2. The second-order valence-electron chi connectivity index (χ2n) is 7.31. The molecule has 4 heterocycles. The molecule has 0 aliphatic carbocycles. The summed E-state index contributed by atoms with van der Waals surface area (Å²) in [4.78, 5) is 58.6. The fourth-order valence-electron chi connectivity index (χ4n) is 3.53. The number of oxime groups is 1. The van der Waals surface area contributed by atoms with E-state index in [1.165, 1.54) is 58.5 Å². The first kappa shape index (κ1) is 25.1. The number of fused-ring (bicyclic) bond motifs is 1. The van der Waals surface area contributed by atoms with E-state index in [1.807, 2.05) is 0 Å². The number of hydrogen-bond acceptors (Lipinski definition) is 12. The number of aliphatic carboxylic acids is 1. The summed E-state index contributed by atoms with van der Waals surface area (Å²) in [7, 11) is 2.92. The number of carboxylic acids is 1. The number of anilines is 1. The number of hydrogen-bond donors (Lipinski definition) is 3. The number of nitrogens with zero attached hydrogens (tertiary/aromatic N) is 7. The maximum atomic E-state index is 13.0. The van der Waals surface area contributed by atoms with Crippen molar-refractivity contribution in [2.24, 2.45) is 12.2 Å². The van der Waals surface area contributed by atoms with Crippen LogP contribution < -0.4 is 10.6 Å². The first-order valence-corrected chi connectivity index (χ1v) is 12.2. The van der Waals surface area contributed by atoms with E-state index in [0.29, 0.717) is 22.9 Å².